The number of fused-ring (bicyclic) bond motifs is 1. The fraction of sp³-hybridized carbons (Fsp3) is 0.0741. The van der Waals surface area contributed by atoms with Crippen LogP contribution >= 0.6 is 11.6 Å². The summed E-state index contributed by atoms with van der Waals surface area (Å²) in [7, 11) is 0. The number of hydrogen-bond donors (Lipinski definition) is 3. The first-order chi connectivity index (χ1) is 17.7. The number of hydrogen-bond acceptors (Lipinski definition) is 3. The van der Waals surface area contributed by atoms with Gasteiger partial charge in [-0.2, -0.15) is 0 Å². The lowest BCUT2D eigenvalue weighted by Gasteiger charge is -2.13. The highest BCUT2D eigenvalue weighted by molar-refractivity contribution is 6.31. The van der Waals surface area contributed by atoms with Crippen molar-refractivity contribution in [3.63, 3.8) is 0 Å². The number of carboxylic acids is 1. The van der Waals surface area contributed by atoms with E-state index in [1.54, 1.807) is 18.2 Å². The summed E-state index contributed by atoms with van der Waals surface area (Å²) in [4.78, 5) is 19.1. The van der Waals surface area contributed by atoms with Crippen molar-refractivity contribution in [1.82, 2.24) is 9.97 Å². The largest absolute Gasteiger partial charge is 0.478 e. The van der Waals surface area contributed by atoms with E-state index < -0.39 is 29.3 Å². The van der Waals surface area contributed by atoms with E-state index in [4.69, 9.17) is 11.6 Å². The van der Waals surface area contributed by atoms with Crippen molar-refractivity contribution in [3.8, 4) is 11.1 Å². The van der Waals surface area contributed by atoms with Gasteiger partial charge in [-0.05, 0) is 60.5 Å². The van der Waals surface area contributed by atoms with E-state index in [0.29, 0.717) is 22.6 Å². The van der Waals surface area contributed by atoms with Gasteiger partial charge in [0.05, 0.1) is 32.7 Å². The first-order valence-corrected chi connectivity index (χ1v) is 11.4. The molecule has 2 aromatic heterocycles. The van der Waals surface area contributed by atoms with Crippen LogP contribution in [0, 0.1) is 17.5 Å². The van der Waals surface area contributed by atoms with Crippen molar-refractivity contribution in [2.45, 2.75) is 12.3 Å². The Labute approximate surface area is 213 Å². The number of aromatic nitrogens is 3. The third-order valence-corrected chi connectivity index (χ3v) is 6.37. The molecule has 0 aliphatic carbocycles. The van der Waals surface area contributed by atoms with Crippen LogP contribution in [0.4, 0.5) is 13.2 Å². The Morgan fingerprint density at radius 1 is 1.03 bits per heavy atom. The number of aromatic carboxylic acids is 1. The zero-order chi connectivity index (χ0) is 26.3. The predicted molar refractivity (Wildman–Crippen MR) is 129 cm³/mol. The summed E-state index contributed by atoms with van der Waals surface area (Å²) < 4.78 is 43.2. The molecule has 3 N–H and O–H groups in total. The van der Waals surface area contributed by atoms with Gasteiger partial charge in [-0.15, -0.1) is 0 Å². The quantitative estimate of drug-likeness (QED) is 0.147. The van der Waals surface area contributed by atoms with Crippen LogP contribution in [0.25, 0.3) is 22.2 Å². The van der Waals surface area contributed by atoms with Crippen LogP contribution in [0.2, 0.25) is 5.02 Å². The molecule has 5 aromatic rings. The Bertz CT molecular complexity index is 1650. The van der Waals surface area contributed by atoms with E-state index in [-0.39, 0.29) is 28.1 Å². The Morgan fingerprint density at radius 3 is 2.49 bits per heavy atom. The van der Waals surface area contributed by atoms with E-state index in [0.717, 1.165) is 28.6 Å². The second-order valence-electron chi connectivity index (χ2n) is 8.45. The molecule has 0 saturated carbocycles. The fourth-order valence-corrected chi connectivity index (χ4v) is 4.40. The van der Waals surface area contributed by atoms with Gasteiger partial charge in [-0.1, -0.05) is 23.7 Å². The number of carboxylic acid groups (broad SMARTS) is 1. The number of carbonyl (C=O) groups is 1. The molecule has 2 heterocycles. The molecule has 5 rings (SSSR count). The lowest BCUT2D eigenvalue weighted by Crippen LogP contribution is -2.37. The summed E-state index contributed by atoms with van der Waals surface area (Å²) in [5, 5.41) is 20.0. The molecule has 0 bridgehead atoms. The molecule has 6 nitrogen and oxygen atoms in total. The zero-order valence-corrected chi connectivity index (χ0v) is 19.7. The summed E-state index contributed by atoms with van der Waals surface area (Å²) in [6.07, 6.45) is 1.43. The second kappa shape index (κ2) is 9.59. The van der Waals surface area contributed by atoms with Gasteiger partial charge in [0.2, 0.25) is 11.9 Å². The van der Waals surface area contributed by atoms with Crippen LogP contribution in [-0.2, 0) is 6.42 Å². The Balaban J connectivity index is 1.62. The van der Waals surface area contributed by atoms with Crippen LogP contribution in [0.15, 0.2) is 72.9 Å². The van der Waals surface area contributed by atoms with E-state index in [1.807, 2.05) is 0 Å². The van der Waals surface area contributed by atoms with Gasteiger partial charge in [-0.3, -0.25) is 5.21 Å². The minimum Gasteiger partial charge on any atom is -0.478 e. The van der Waals surface area contributed by atoms with Crippen LogP contribution in [0.1, 0.15) is 33.4 Å². The second-order valence-corrected chi connectivity index (χ2v) is 8.85. The van der Waals surface area contributed by atoms with E-state index in [9.17, 15) is 28.3 Å². The highest BCUT2D eigenvalue weighted by Crippen LogP contribution is 2.32. The Morgan fingerprint density at radius 2 is 1.78 bits per heavy atom. The summed E-state index contributed by atoms with van der Waals surface area (Å²) in [5.74, 6) is -3.52. The maximum atomic E-state index is 14.6. The molecule has 0 amide bonds. The van der Waals surface area contributed by atoms with Gasteiger partial charge in [0.25, 0.3) is 0 Å². The van der Waals surface area contributed by atoms with Crippen molar-refractivity contribution >= 4 is 28.6 Å². The van der Waals surface area contributed by atoms with Crippen LogP contribution in [0.5, 0.6) is 0 Å². The van der Waals surface area contributed by atoms with E-state index in [2.05, 4.69) is 9.97 Å². The molecule has 37 heavy (non-hydrogen) atoms. The van der Waals surface area contributed by atoms with Crippen molar-refractivity contribution < 1.29 is 33.0 Å². The normalized spacial score (nSPS) is 12.1. The minimum atomic E-state index is -1.09. The van der Waals surface area contributed by atoms with Crippen LogP contribution in [0.3, 0.4) is 0 Å². The molecule has 186 valence electrons. The van der Waals surface area contributed by atoms with Crippen LogP contribution < -0.4 is 4.73 Å². The first kappa shape index (κ1) is 24.3. The lowest BCUT2D eigenvalue weighted by atomic mass is 9.94. The molecule has 0 unspecified atom stereocenters. The standard InChI is InChI=1S/C27H17ClF3N3O3/c28-19-7-8-20(30)24(25(19)31)16-4-10-23(34(37)13-16)18(11-14-1-5-17(29)6-2-14)26-32-21-9-3-15(27(35)36)12-22(21)33-26/h1-10,12-13,18H,11H2,(H2-,32,33,35,36,37)/p+1/t18-/m1/s1. The number of imidazole rings is 1. The third-order valence-electron chi connectivity index (χ3n) is 6.08. The van der Waals surface area contributed by atoms with Crippen LogP contribution in [-0.4, -0.2) is 26.3 Å². The summed E-state index contributed by atoms with van der Waals surface area (Å²) >= 11 is 5.82. The predicted octanol–water partition coefficient (Wildman–Crippen LogP) is 5.90. The highest BCUT2D eigenvalue weighted by Gasteiger charge is 2.30. The molecule has 10 heteroatoms. The van der Waals surface area contributed by atoms with Gasteiger partial charge in [0, 0.05) is 10.8 Å². The SMILES string of the molecule is O=C(O)c1ccc2nc([C@H](Cc3ccc(F)cc3)c3ccc(-c4c(F)ccc(Cl)c4F)c[n+]3O)[nH]c2c1. The summed E-state index contributed by atoms with van der Waals surface area (Å²) in [6, 6.07) is 15.3. The number of benzene rings is 3. The molecule has 0 aliphatic rings. The molecule has 0 spiro atoms. The number of nitrogens with one attached hydrogen (secondary N) is 1. The fourth-order valence-electron chi connectivity index (χ4n) is 4.24. The van der Waals surface area contributed by atoms with Gasteiger partial charge in [-0.25, -0.2) is 22.9 Å². The first-order valence-electron chi connectivity index (χ1n) is 11.1. The number of rotatable bonds is 6. The number of aromatic amines is 1. The van der Waals surface area contributed by atoms with Gasteiger partial charge in [0.15, 0.2) is 5.82 Å². The van der Waals surface area contributed by atoms with E-state index >= 15 is 0 Å². The average molecular weight is 525 g/mol. The monoisotopic (exact) mass is 524 g/mol. The summed E-state index contributed by atoms with van der Waals surface area (Å²) in [6.45, 7) is 0. The molecular weight excluding hydrogens is 507 g/mol. The Hall–Kier alpha value is -4.37. The van der Waals surface area contributed by atoms with Crippen molar-refractivity contribution in [2.75, 3.05) is 0 Å². The smallest absolute Gasteiger partial charge is 0.335 e. The topological polar surface area (TPSA) is 90.1 Å². The van der Waals surface area contributed by atoms with Gasteiger partial charge in [0.1, 0.15) is 23.4 Å². The van der Waals surface area contributed by atoms with Crippen molar-refractivity contribution in [3.05, 3.63) is 118 Å². The molecule has 1 atom stereocenters. The zero-order valence-electron chi connectivity index (χ0n) is 18.9. The lowest BCUT2D eigenvalue weighted by molar-refractivity contribution is -0.909. The molecule has 0 radical (unpaired) electrons. The Kier molecular flexibility index (Phi) is 6.31. The number of H-pyrrole nitrogens is 1. The molecule has 0 saturated heterocycles. The summed E-state index contributed by atoms with van der Waals surface area (Å²) in [5.41, 5.74) is 1.77. The maximum Gasteiger partial charge on any atom is 0.335 e. The van der Waals surface area contributed by atoms with Crippen molar-refractivity contribution in [1.29, 1.82) is 0 Å². The molecule has 0 aliphatic heterocycles. The molecular formula is C27H18ClF3N3O3+. The number of nitrogens with zero attached hydrogens (tertiary/aromatic N) is 2. The van der Waals surface area contributed by atoms with E-state index in [1.165, 1.54) is 36.4 Å². The number of halogens is 4. The van der Waals surface area contributed by atoms with Gasteiger partial charge >= 0.3 is 5.97 Å². The molecule has 3 aromatic carbocycles. The van der Waals surface area contributed by atoms with Crippen molar-refractivity contribution in [2.24, 2.45) is 0 Å². The third kappa shape index (κ3) is 4.73. The molecule has 0 fully saturated rings. The average Bonchev–Trinajstić information content (AvgIpc) is 3.30. The minimum absolute atomic E-state index is 0.0555. The number of pyridine rings is 1. The maximum absolute atomic E-state index is 14.6. The van der Waals surface area contributed by atoms with Gasteiger partial charge < -0.3 is 10.1 Å². The highest BCUT2D eigenvalue weighted by atomic mass is 35.5.